The summed E-state index contributed by atoms with van der Waals surface area (Å²) in [6, 6.07) is 10.2. The molecule has 1 unspecified atom stereocenters. The molecule has 0 aliphatic carbocycles. The predicted octanol–water partition coefficient (Wildman–Crippen LogP) is 1.95. The fraction of sp³-hybridized carbons (Fsp3) is 0.304. The third kappa shape index (κ3) is 4.45. The van der Waals surface area contributed by atoms with Crippen LogP contribution in [-0.2, 0) is 19.7 Å². The van der Waals surface area contributed by atoms with Crippen LogP contribution in [0, 0.1) is 0 Å². The Morgan fingerprint density at radius 2 is 1.45 bits per heavy atom. The van der Waals surface area contributed by atoms with Gasteiger partial charge in [-0.05, 0) is 24.6 Å². The first-order chi connectivity index (χ1) is 15.8. The van der Waals surface area contributed by atoms with E-state index in [9.17, 15) is 19.2 Å². The summed E-state index contributed by atoms with van der Waals surface area (Å²) < 4.78 is 21.3. The summed E-state index contributed by atoms with van der Waals surface area (Å²) in [7, 11) is 4.27. The largest absolute Gasteiger partial charge is 0.493 e. The number of esters is 1. The van der Waals surface area contributed by atoms with E-state index in [0.717, 1.165) is 0 Å². The summed E-state index contributed by atoms with van der Waals surface area (Å²) in [6.45, 7) is 1.55. The SMILES string of the molecule is COc1cc(C(=O)OC(C)CC2(c3ccccc3)C(=O)NC(=O)NC2=O)cc(OC)c1OC. The smallest absolute Gasteiger partial charge is 0.338 e. The summed E-state index contributed by atoms with van der Waals surface area (Å²) >= 11 is 0. The van der Waals surface area contributed by atoms with Gasteiger partial charge in [-0.15, -0.1) is 0 Å². The van der Waals surface area contributed by atoms with Crippen molar-refractivity contribution in [1.29, 1.82) is 0 Å². The molecule has 1 atom stereocenters. The Morgan fingerprint density at radius 3 is 1.94 bits per heavy atom. The lowest BCUT2D eigenvalue weighted by Crippen LogP contribution is -2.65. The highest BCUT2D eigenvalue weighted by Crippen LogP contribution is 2.39. The van der Waals surface area contributed by atoms with Crippen LogP contribution in [0.5, 0.6) is 17.2 Å². The molecule has 0 radical (unpaired) electrons. The molecule has 0 aromatic heterocycles. The van der Waals surface area contributed by atoms with Gasteiger partial charge in [0, 0.05) is 6.42 Å². The lowest BCUT2D eigenvalue weighted by Gasteiger charge is -2.35. The zero-order valence-electron chi connectivity index (χ0n) is 18.6. The van der Waals surface area contributed by atoms with Crippen LogP contribution in [0.3, 0.4) is 0 Å². The maximum atomic E-state index is 12.9. The number of amides is 4. The van der Waals surface area contributed by atoms with Gasteiger partial charge in [-0.2, -0.15) is 0 Å². The fourth-order valence-electron chi connectivity index (χ4n) is 3.76. The first kappa shape index (κ1) is 23.6. The third-order valence-corrected chi connectivity index (χ3v) is 5.30. The lowest BCUT2D eigenvalue weighted by molar-refractivity contribution is -0.140. The van der Waals surface area contributed by atoms with E-state index in [1.165, 1.54) is 33.5 Å². The van der Waals surface area contributed by atoms with Crippen molar-refractivity contribution in [2.24, 2.45) is 0 Å². The minimum absolute atomic E-state index is 0.123. The molecule has 174 valence electrons. The predicted molar refractivity (Wildman–Crippen MR) is 115 cm³/mol. The van der Waals surface area contributed by atoms with Crippen LogP contribution in [0.1, 0.15) is 29.3 Å². The van der Waals surface area contributed by atoms with E-state index in [1.807, 2.05) is 0 Å². The molecule has 3 rings (SSSR count). The quantitative estimate of drug-likeness (QED) is 0.456. The van der Waals surface area contributed by atoms with Gasteiger partial charge >= 0.3 is 12.0 Å². The molecule has 2 aromatic rings. The summed E-state index contributed by atoms with van der Waals surface area (Å²) in [5, 5.41) is 4.27. The van der Waals surface area contributed by atoms with Crippen LogP contribution in [0.25, 0.3) is 0 Å². The molecule has 1 saturated heterocycles. The van der Waals surface area contributed by atoms with Gasteiger partial charge in [-0.1, -0.05) is 30.3 Å². The Kier molecular flexibility index (Phi) is 6.86. The molecule has 0 spiro atoms. The molecule has 2 aromatic carbocycles. The van der Waals surface area contributed by atoms with Crippen molar-refractivity contribution in [2.45, 2.75) is 24.9 Å². The molecule has 10 heteroatoms. The van der Waals surface area contributed by atoms with E-state index < -0.39 is 35.3 Å². The van der Waals surface area contributed by atoms with E-state index in [4.69, 9.17) is 18.9 Å². The number of urea groups is 1. The molecule has 0 saturated carbocycles. The number of nitrogens with one attached hydrogen (secondary N) is 2. The zero-order chi connectivity index (χ0) is 24.2. The average Bonchev–Trinajstić information content (AvgIpc) is 2.80. The highest BCUT2D eigenvalue weighted by atomic mass is 16.5. The van der Waals surface area contributed by atoms with Gasteiger partial charge in [0.05, 0.1) is 26.9 Å². The Bertz CT molecular complexity index is 1040. The third-order valence-electron chi connectivity index (χ3n) is 5.30. The number of rotatable bonds is 8. The maximum Gasteiger partial charge on any atom is 0.338 e. The molecule has 2 N–H and O–H groups in total. The molecule has 1 aliphatic rings. The second kappa shape index (κ2) is 9.60. The highest BCUT2D eigenvalue weighted by molar-refractivity contribution is 6.23. The fourth-order valence-corrected chi connectivity index (χ4v) is 3.76. The van der Waals surface area contributed by atoms with Gasteiger partial charge in [0.15, 0.2) is 16.9 Å². The Hall–Kier alpha value is -4.08. The van der Waals surface area contributed by atoms with E-state index in [1.54, 1.807) is 37.3 Å². The second-order valence-corrected chi connectivity index (χ2v) is 7.34. The number of ether oxygens (including phenoxy) is 4. The van der Waals surface area contributed by atoms with Gasteiger partial charge in [-0.3, -0.25) is 20.2 Å². The van der Waals surface area contributed by atoms with Crippen LogP contribution in [0.2, 0.25) is 0 Å². The van der Waals surface area contributed by atoms with E-state index >= 15 is 0 Å². The number of carbonyl (C=O) groups is 4. The van der Waals surface area contributed by atoms with Crippen LogP contribution in [0.4, 0.5) is 4.79 Å². The molecule has 0 bridgehead atoms. The highest BCUT2D eigenvalue weighted by Gasteiger charge is 2.52. The van der Waals surface area contributed by atoms with Crippen LogP contribution >= 0.6 is 0 Å². The molecule has 1 heterocycles. The lowest BCUT2D eigenvalue weighted by atomic mass is 9.73. The van der Waals surface area contributed by atoms with Crippen molar-refractivity contribution >= 4 is 23.8 Å². The van der Waals surface area contributed by atoms with Gasteiger partial charge in [0.25, 0.3) is 0 Å². The molecule has 1 aliphatic heterocycles. The Balaban J connectivity index is 1.89. The van der Waals surface area contributed by atoms with Crippen molar-refractivity contribution in [3.63, 3.8) is 0 Å². The van der Waals surface area contributed by atoms with Crippen LogP contribution in [-0.4, -0.2) is 51.2 Å². The molecule has 10 nitrogen and oxygen atoms in total. The minimum atomic E-state index is -1.76. The van der Waals surface area contributed by atoms with E-state index in [2.05, 4.69) is 10.6 Å². The van der Waals surface area contributed by atoms with Crippen LogP contribution in [0.15, 0.2) is 42.5 Å². The number of imide groups is 2. The molecular weight excluding hydrogens is 432 g/mol. The number of methoxy groups -OCH3 is 3. The van der Waals surface area contributed by atoms with E-state index in [-0.39, 0.29) is 23.5 Å². The van der Waals surface area contributed by atoms with Gasteiger partial charge in [-0.25, -0.2) is 9.59 Å². The molecule has 33 heavy (non-hydrogen) atoms. The Morgan fingerprint density at radius 1 is 0.909 bits per heavy atom. The Labute approximate surface area is 190 Å². The molecule has 1 fully saturated rings. The summed E-state index contributed by atoms with van der Waals surface area (Å²) in [5.74, 6) is -1.47. The first-order valence-corrected chi connectivity index (χ1v) is 10.00. The number of hydrogen-bond donors (Lipinski definition) is 2. The minimum Gasteiger partial charge on any atom is -0.493 e. The standard InChI is InChI=1S/C23H24N2O8/c1-13(33-19(26)14-10-16(30-2)18(32-4)17(11-14)31-3)12-23(15-8-6-5-7-9-15)20(27)24-22(29)25-21(23)28/h5-11,13H,12H2,1-4H3,(H2,24,25,27,28,29). The summed E-state index contributed by atoms with van der Waals surface area (Å²) in [5.41, 5.74) is -1.27. The number of carbonyl (C=O) groups excluding carboxylic acids is 4. The maximum absolute atomic E-state index is 12.9. The summed E-state index contributed by atoms with van der Waals surface area (Å²) in [6.07, 6.45) is -1.08. The second-order valence-electron chi connectivity index (χ2n) is 7.34. The number of barbiturate groups is 1. The van der Waals surface area contributed by atoms with Gasteiger partial charge in [0.1, 0.15) is 6.10 Å². The van der Waals surface area contributed by atoms with E-state index in [0.29, 0.717) is 11.3 Å². The van der Waals surface area contributed by atoms with Crippen molar-refractivity contribution in [1.82, 2.24) is 10.6 Å². The number of hydrogen-bond acceptors (Lipinski definition) is 8. The van der Waals surface area contributed by atoms with Crippen molar-refractivity contribution in [3.05, 3.63) is 53.6 Å². The van der Waals surface area contributed by atoms with Gasteiger partial charge < -0.3 is 18.9 Å². The first-order valence-electron chi connectivity index (χ1n) is 10.00. The normalized spacial score (nSPS) is 15.7. The van der Waals surface area contributed by atoms with Gasteiger partial charge in [0.2, 0.25) is 17.6 Å². The zero-order valence-corrected chi connectivity index (χ0v) is 18.6. The van der Waals surface area contributed by atoms with Crippen molar-refractivity contribution < 1.29 is 38.1 Å². The molecule has 4 amide bonds. The molecular formula is C23H24N2O8. The topological polar surface area (TPSA) is 129 Å². The summed E-state index contributed by atoms with van der Waals surface area (Å²) in [4.78, 5) is 50.3. The average molecular weight is 456 g/mol. The number of benzene rings is 2. The van der Waals surface area contributed by atoms with Crippen molar-refractivity contribution in [2.75, 3.05) is 21.3 Å². The van der Waals surface area contributed by atoms with Crippen LogP contribution < -0.4 is 24.8 Å². The van der Waals surface area contributed by atoms with Crippen molar-refractivity contribution in [3.8, 4) is 17.2 Å². The monoisotopic (exact) mass is 456 g/mol.